The second-order valence-electron chi connectivity index (χ2n) is 5.21. The van der Waals surface area contributed by atoms with E-state index in [4.69, 9.17) is 10.5 Å². The summed E-state index contributed by atoms with van der Waals surface area (Å²) < 4.78 is 5.12. The van der Waals surface area contributed by atoms with Crippen molar-refractivity contribution >= 4 is 5.82 Å². The standard InChI is InChI=1S/C14H23N3O/c1-3-10-5-4-6-11(7-10)14-16-12(9-18-2)8-13(15)17-14/h8,10-11H,3-7,9H2,1-2H3,(H2,15,16,17). The minimum Gasteiger partial charge on any atom is -0.384 e. The van der Waals surface area contributed by atoms with E-state index in [9.17, 15) is 0 Å². The zero-order chi connectivity index (χ0) is 13.0. The number of hydrogen-bond donors (Lipinski definition) is 1. The molecule has 1 aliphatic carbocycles. The molecular weight excluding hydrogens is 226 g/mol. The first-order valence-corrected chi connectivity index (χ1v) is 6.85. The number of rotatable bonds is 4. The lowest BCUT2D eigenvalue weighted by Gasteiger charge is -2.27. The Morgan fingerprint density at radius 2 is 2.22 bits per heavy atom. The summed E-state index contributed by atoms with van der Waals surface area (Å²) in [6, 6.07) is 1.80. The van der Waals surface area contributed by atoms with Crippen LogP contribution in [0.4, 0.5) is 5.82 Å². The summed E-state index contributed by atoms with van der Waals surface area (Å²) in [5.41, 5.74) is 6.74. The summed E-state index contributed by atoms with van der Waals surface area (Å²) in [6.45, 7) is 2.77. The van der Waals surface area contributed by atoms with Crippen molar-refractivity contribution in [3.05, 3.63) is 17.6 Å². The number of ether oxygens (including phenoxy) is 1. The number of hydrogen-bond acceptors (Lipinski definition) is 4. The molecule has 18 heavy (non-hydrogen) atoms. The molecule has 2 atom stereocenters. The highest BCUT2D eigenvalue weighted by Crippen LogP contribution is 2.36. The van der Waals surface area contributed by atoms with Gasteiger partial charge in [0.25, 0.3) is 0 Å². The molecule has 4 heteroatoms. The van der Waals surface area contributed by atoms with Crippen molar-refractivity contribution in [2.75, 3.05) is 12.8 Å². The van der Waals surface area contributed by atoms with Crippen LogP contribution in [0.1, 0.15) is 56.5 Å². The maximum atomic E-state index is 5.86. The zero-order valence-corrected chi connectivity index (χ0v) is 11.4. The van der Waals surface area contributed by atoms with Crippen LogP contribution >= 0.6 is 0 Å². The molecule has 1 heterocycles. The molecule has 4 nitrogen and oxygen atoms in total. The average molecular weight is 249 g/mol. The van der Waals surface area contributed by atoms with Crippen molar-refractivity contribution in [3.8, 4) is 0 Å². The molecule has 0 bridgehead atoms. The first-order chi connectivity index (χ1) is 8.72. The van der Waals surface area contributed by atoms with Gasteiger partial charge in [0.15, 0.2) is 0 Å². The average Bonchev–Trinajstić information content (AvgIpc) is 2.38. The minimum absolute atomic E-state index is 0.475. The lowest BCUT2D eigenvalue weighted by molar-refractivity contribution is 0.181. The molecule has 2 unspecified atom stereocenters. The molecule has 0 aromatic carbocycles. The molecule has 2 rings (SSSR count). The van der Waals surface area contributed by atoms with Crippen LogP contribution in [-0.4, -0.2) is 17.1 Å². The van der Waals surface area contributed by atoms with Crippen molar-refractivity contribution in [2.24, 2.45) is 5.92 Å². The van der Waals surface area contributed by atoms with Gasteiger partial charge in [-0.1, -0.05) is 26.2 Å². The summed E-state index contributed by atoms with van der Waals surface area (Å²) in [6.07, 6.45) is 6.27. The van der Waals surface area contributed by atoms with E-state index in [1.54, 1.807) is 13.2 Å². The van der Waals surface area contributed by atoms with Crippen LogP contribution < -0.4 is 5.73 Å². The Bertz CT molecular complexity index is 395. The van der Waals surface area contributed by atoms with Gasteiger partial charge in [0.1, 0.15) is 11.6 Å². The highest BCUT2D eigenvalue weighted by Gasteiger charge is 2.24. The number of nitrogen functional groups attached to an aromatic ring is 1. The second kappa shape index (κ2) is 6.14. The monoisotopic (exact) mass is 249 g/mol. The summed E-state index contributed by atoms with van der Waals surface area (Å²) >= 11 is 0. The summed E-state index contributed by atoms with van der Waals surface area (Å²) in [5.74, 6) is 2.77. The molecule has 0 saturated heterocycles. The zero-order valence-electron chi connectivity index (χ0n) is 11.4. The molecule has 2 N–H and O–H groups in total. The normalized spacial score (nSPS) is 24.1. The van der Waals surface area contributed by atoms with Crippen LogP contribution in [-0.2, 0) is 11.3 Å². The molecule has 1 aliphatic rings. The fraction of sp³-hybridized carbons (Fsp3) is 0.714. The van der Waals surface area contributed by atoms with Crippen LogP contribution in [0.2, 0.25) is 0 Å². The lowest BCUT2D eigenvalue weighted by atomic mass is 9.80. The number of nitrogens with two attached hydrogens (primary N) is 1. The third-order valence-electron chi connectivity index (χ3n) is 3.83. The minimum atomic E-state index is 0.475. The first kappa shape index (κ1) is 13.3. The van der Waals surface area contributed by atoms with Gasteiger partial charge in [0.2, 0.25) is 0 Å². The number of methoxy groups -OCH3 is 1. The van der Waals surface area contributed by atoms with E-state index in [0.717, 1.165) is 17.4 Å². The topological polar surface area (TPSA) is 61.0 Å². The van der Waals surface area contributed by atoms with Crippen LogP contribution in [0.25, 0.3) is 0 Å². The molecule has 0 radical (unpaired) electrons. The van der Waals surface area contributed by atoms with E-state index < -0.39 is 0 Å². The molecule has 0 spiro atoms. The van der Waals surface area contributed by atoms with Gasteiger partial charge in [-0.25, -0.2) is 9.97 Å². The highest BCUT2D eigenvalue weighted by atomic mass is 16.5. The number of nitrogens with zero attached hydrogens (tertiary/aromatic N) is 2. The molecular formula is C14H23N3O. The van der Waals surface area contributed by atoms with E-state index in [-0.39, 0.29) is 0 Å². The quantitative estimate of drug-likeness (QED) is 0.891. The van der Waals surface area contributed by atoms with Gasteiger partial charge in [-0.05, 0) is 18.8 Å². The molecule has 1 aromatic rings. The highest BCUT2D eigenvalue weighted by molar-refractivity contribution is 5.30. The van der Waals surface area contributed by atoms with Crippen LogP contribution in [0.5, 0.6) is 0 Å². The van der Waals surface area contributed by atoms with Gasteiger partial charge < -0.3 is 10.5 Å². The number of aromatic nitrogens is 2. The molecule has 1 fully saturated rings. The van der Waals surface area contributed by atoms with Gasteiger partial charge in [0, 0.05) is 19.1 Å². The van der Waals surface area contributed by atoms with Crippen molar-refractivity contribution in [3.63, 3.8) is 0 Å². The van der Waals surface area contributed by atoms with E-state index >= 15 is 0 Å². The molecule has 0 aliphatic heterocycles. The number of anilines is 1. The van der Waals surface area contributed by atoms with E-state index in [1.165, 1.54) is 32.1 Å². The molecule has 0 amide bonds. The van der Waals surface area contributed by atoms with E-state index in [1.807, 2.05) is 0 Å². The maximum Gasteiger partial charge on any atom is 0.134 e. The van der Waals surface area contributed by atoms with Gasteiger partial charge in [-0.15, -0.1) is 0 Å². The first-order valence-electron chi connectivity index (χ1n) is 6.85. The molecule has 100 valence electrons. The van der Waals surface area contributed by atoms with Crippen molar-refractivity contribution in [1.29, 1.82) is 0 Å². The third kappa shape index (κ3) is 3.19. The summed E-state index contributed by atoms with van der Waals surface area (Å²) in [5, 5.41) is 0. The van der Waals surface area contributed by atoms with Crippen molar-refractivity contribution < 1.29 is 4.74 Å². The largest absolute Gasteiger partial charge is 0.384 e. The summed E-state index contributed by atoms with van der Waals surface area (Å²) in [4.78, 5) is 9.02. The maximum absolute atomic E-state index is 5.86. The Labute approximate surface area is 109 Å². The SMILES string of the molecule is CCC1CCCC(c2nc(N)cc(COC)n2)C1. The van der Waals surface area contributed by atoms with E-state index in [0.29, 0.717) is 18.3 Å². The summed E-state index contributed by atoms with van der Waals surface area (Å²) in [7, 11) is 1.67. The second-order valence-corrected chi connectivity index (χ2v) is 5.21. The Kier molecular flexibility index (Phi) is 4.53. The van der Waals surface area contributed by atoms with Crippen LogP contribution in [0.15, 0.2) is 6.07 Å². The Morgan fingerprint density at radius 1 is 1.39 bits per heavy atom. The predicted octanol–water partition coefficient (Wildman–Crippen LogP) is 2.89. The third-order valence-corrected chi connectivity index (χ3v) is 3.83. The Hall–Kier alpha value is -1.16. The van der Waals surface area contributed by atoms with Gasteiger partial charge >= 0.3 is 0 Å². The Morgan fingerprint density at radius 3 is 2.94 bits per heavy atom. The van der Waals surface area contributed by atoms with Gasteiger partial charge in [-0.2, -0.15) is 0 Å². The Balaban J connectivity index is 2.16. The predicted molar refractivity (Wildman–Crippen MR) is 72.1 cm³/mol. The molecule has 1 aromatic heterocycles. The molecule has 1 saturated carbocycles. The van der Waals surface area contributed by atoms with Crippen molar-refractivity contribution in [2.45, 2.75) is 51.6 Å². The fourth-order valence-corrected chi connectivity index (χ4v) is 2.84. The van der Waals surface area contributed by atoms with Crippen LogP contribution in [0, 0.1) is 5.92 Å². The smallest absolute Gasteiger partial charge is 0.134 e. The lowest BCUT2D eigenvalue weighted by Crippen LogP contribution is -2.17. The fourth-order valence-electron chi connectivity index (χ4n) is 2.84. The van der Waals surface area contributed by atoms with E-state index in [2.05, 4.69) is 16.9 Å². The van der Waals surface area contributed by atoms with Crippen molar-refractivity contribution in [1.82, 2.24) is 9.97 Å². The van der Waals surface area contributed by atoms with Gasteiger partial charge in [0.05, 0.1) is 12.3 Å². The van der Waals surface area contributed by atoms with Crippen LogP contribution in [0.3, 0.4) is 0 Å². The van der Waals surface area contributed by atoms with Gasteiger partial charge in [-0.3, -0.25) is 0 Å².